The van der Waals surface area contributed by atoms with Crippen LogP contribution in [-0.2, 0) is 15.4 Å². The van der Waals surface area contributed by atoms with Crippen molar-refractivity contribution in [1.82, 2.24) is 4.90 Å². The van der Waals surface area contributed by atoms with Crippen LogP contribution in [0.4, 0.5) is 0 Å². The van der Waals surface area contributed by atoms with Crippen molar-refractivity contribution in [1.29, 1.82) is 0 Å². The molecule has 0 amide bonds. The molecule has 0 bridgehead atoms. The number of hydrogen-bond donors (Lipinski definition) is 2. The van der Waals surface area contributed by atoms with E-state index in [9.17, 15) is 4.79 Å². The second kappa shape index (κ2) is 12.0. The molecule has 8 heteroatoms. The number of esters is 1. The highest BCUT2D eigenvalue weighted by Gasteiger charge is 2.44. The first-order chi connectivity index (χ1) is 15.1. The minimum absolute atomic E-state index is 0.196. The van der Waals surface area contributed by atoms with Gasteiger partial charge in [0.25, 0.3) is 0 Å². The molecule has 1 aliphatic carbocycles. The lowest BCUT2D eigenvalue weighted by molar-refractivity contribution is 0.0131. The lowest BCUT2D eigenvalue weighted by atomic mass is 9.79. The van der Waals surface area contributed by atoms with Crippen LogP contribution in [-0.4, -0.2) is 55.9 Å². The van der Waals surface area contributed by atoms with Crippen LogP contribution in [0.15, 0.2) is 18.2 Å². The molecule has 1 spiro atoms. The average molecular weight is 488 g/mol. The van der Waals surface area contributed by atoms with E-state index in [0.29, 0.717) is 23.6 Å². The van der Waals surface area contributed by atoms with Gasteiger partial charge in [-0.25, -0.2) is 4.79 Å². The van der Waals surface area contributed by atoms with Crippen molar-refractivity contribution in [3.63, 3.8) is 0 Å². The highest BCUT2D eigenvalue weighted by Crippen LogP contribution is 2.42. The molecule has 2 atom stereocenters. The smallest absolute Gasteiger partial charge is 0.338 e. The van der Waals surface area contributed by atoms with E-state index < -0.39 is 0 Å². The maximum atomic E-state index is 12.1. The molecule has 2 saturated heterocycles. The Labute approximate surface area is 201 Å². The zero-order valence-corrected chi connectivity index (χ0v) is 20.8. The lowest BCUT2D eigenvalue weighted by Gasteiger charge is -2.35. The Bertz CT molecular complexity index is 730. The van der Waals surface area contributed by atoms with E-state index in [1.54, 1.807) is 13.0 Å². The summed E-state index contributed by atoms with van der Waals surface area (Å²) in [5.41, 5.74) is 1.75. The van der Waals surface area contributed by atoms with E-state index in [0.717, 1.165) is 30.9 Å². The number of nitrogens with zero attached hydrogens (tertiary/aromatic N) is 1. The van der Waals surface area contributed by atoms with Gasteiger partial charge in [-0.15, -0.1) is 34.9 Å². The number of halogens is 1. The molecule has 3 aliphatic rings. The number of hydrogen-bond acceptors (Lipinski definition) is 7. The summed E-state index contributed by atoms with van der Waals surface area (Å²) >= 11 is 12.5. The highest BCUT2D eigenvalue weighted by atomic mass is 35.5. The van der Waals surface area contributed by atoms with Gasteiger partial charge in [0.15, 0.2) is 0 Å². The Morgan fingerprint density at radius 2 is 2.03 bits per heavy atom. The van der Waals surface area contributed by atoms with Crippen LogP contribution in [0.2, 0.25) is 0 Å². The lowest BCUT2D eigenvalue weighted by Crippen LogP contribution is -2.43. The minimum Gasteiger partial charge on any atom is -0.489 e. The number of benzene rings is 1. The first-order valence-corrected chi connectivity index (χ1v) is 13.3. The highest BCUT2D eigenvalue weighted by molar-refractivity contribution is 8.59. The van der Waals surface area contributed by atoms with Gasteiger partial charge in [-0.2, -0.15) is 0 Å². The van der Waals surface area contributed by atoms with Gasteiger partial charge >= 0.3 is 5.97 Å². The molecule has 0 radical (unpaired) electrons. The van der Waals surface area contributed by atoms with Crippen molar-refractivity contribution in [2.45, 2.75) is 63.5 Å². The first-order valence-electron chi connectivity index (χ1n) is 11.2. The summed E-state index contributed by atoms with van der Waals surface area (Å²) in [4.78, 5) is 14.8. The van der Waals surface area contributed by atoms with Gasteiger partial charge in [0, 0.05) is 31.7 Å². The Balaban J connectivity index is 0.00000132. The maximum Gasteiger partial charge on any atom is 0.338 e. The van der Waals surface area contributed by atoms with Gasteiger partial charge in [0.2, 0.25) is 0 Å². The normalized spacial score (nSPS) is 25.2. The summed E-state index contributed by atoms with van der Waals surface area (Å²) in [7, 11) is 0. The predicted molar refractivity (Wildman–Crippen MR) is 131 cm³/mol. The fourth-order valence-electron chi connectivity index (χ4n) is 5.26. The summed E-state index contributed by atoms with van der Waals surface area (Å²) in [6, 6.07) is 6.03. The van der Waals surface area contributed by atoms with Gasteiger partial charge in [0.1, 0.15) is 11.9 Å². The van der Waals surface area contributed by atoms with Gasteiger partial charge in [0.05, 0.1) is 12.2 Å². The van der Waals surface area contributed by atoms with Crippen LogP contribution in [0.3, 0.4) is 0 Å². The molecule has 0 aromatic heterocycles. The van der Waals surface area contributed by atoms with Crippen molar-refractivity contribution in [3.8, 4) is 5.75 Å². The molecular weight excluding hydrogens is 454 g/mol. The monoisotopic (exact) mass is 487 g/mol. The van der Waals surface area contributed by atoms with Crippen LogP contribution >= 0.6 is 34.9 Å². The Hall–Kier alpha value is -0.600. The van der Waals surface area contributed by atoms with Gasteiger partial charge in [-0.1, -0.05) is 0 Å². The number of thiol groups is 2. The maximum absolute atomic E-state index is 12.1. The van der Waals surface area contributed by atoms with Crippen molar-refractivity contribution in [3.05, 3.63) is 29.3 Å². The van der Waals surface area contributed by atoms with Gasteiger partial charge in [-0.05, 0) is 81.2 Å². The topological polar surface area (TPSA) is 48.0 Å². The van der Waals surface area contributed by atoms with Crippen LogP contribution < -0.4 is 4.74 Å². The number of rotatable bonds is 6. The molecule has 3 fully saturated rings. The Kier molecular flexibility index (Phi) is 9.71. The van der Waals surface area contributed by atoms with Crippen molar-refractivity contribution in [2.24, 2.45) is 5.41 Å². The van der Waals surface area contributed by atoms with Crippen LogP contribution in [0.25, 0.3) is 0 Å². The third kappa shape index (κ3) is 6.05. The average Bonchev–Trinajstić information content (AvgIpc) is 3.43. The third-order valence-corrected chi connectivity index (χ3v) is 7.20. The molecule has 0 N–H and O–H groups in total. The van der Waals surface area contributed by atoms with Crippen molar-refractivity contribution >= 4 is 40.9 Å². The summed E-state index contributed by atoms with van der Waals surface area (Å²) < 4.78 is 17.2. The molecule has 4 rings (SSSR count). The number of carbonyl (C=O) groups is 1. The summed E-state index contributed by atoms with van der Waals surface area (Å²) in [5.74, 6) is 0.730. The van der Waals surface area contributed by atoms with Crippen LogP contribution in [0.1, 0.15) is 61.4 Å². The molecule has 31 heavy (non-hydrogen) atoms. The number of likely N-dealkylation sites (tertiary alicyclic amines) is 1. The van der Waals surface area contributed by atoms with E-state index in [1.165, 1.54) is 45.2 Å². The van der Waals surface area contributed by atoms with Crippen LogP contribution in [0, 0.1) is 5.41 Å². The summed E-state index contributed by atoms with van der Waals surface area (Å²) in [5, 5.41) is 0. The molecule has 2 heterocycles. The zero-order chi connectivity index (χ0) is 22.3. The standard InChI is InChI=1S/C23H32ClNO4.H2S2/c1-2-28-22(26)19-7-6-18(14-17(19)15-24)29-21-5-3-4-20(21)25-11-8-23(16-25)9-12-27-13-10-23;1-2/h6-7,14,20-21H,2-5,8-13,15-16H2,1H3;1-2H. The van der Waals surface area contributed by atoms with Crippen molar-refractivity contribution in [2.75, 3.05) is 32.9 Å². The van der Waals surface area contributed by atoms with E-state index in [4.69, 9.17) is 25.8 Å². The van der Waals surface area contributed by atoms with Crippen molar-refractivity contribution < 1.29 is 19.0 Å². The quantitative estimate of drug-likeness (QED) is 0.251. The van der Waals surface area contributed by atoms with E-state index in [1.807, 2.05) is 12.1 Å². The predicted octanol–water partition coefficient (Wildman–Crippen LogP) is 5.17. The van der Waals surface area contributed by atoms with E-state index >= 15 is 0 Å². The van der Waals surface area contributed by atoms with E-state index in [-0.39, 0.29) is 18.0 Å². The third-order valence-electron chi connectivity index (χ3n) is 6.91. The molecule has 2 unspecified atom stereocenters. The largest absolute Gasteiger partial charge is 0.489 e. The SMILES string of the molecule is CCOC(=O)c1ccc(OC2CCCC2N2CCC3(CCOCC3)C2)cc1CCl.SS. The van der Waals surface area contributed by atoms with Gasteiger partial charge < -0.3 is 14.2 Å². The second-order valence-corrected chi connectivity index (χ2v) is 8.93. The molecule has 1 aromatic rings. The number of carbonyl (C=O) groups excluding carboxylic acids is 1. The summed E-state index contributed by atoms with van der Waals surface area (Å²) in [6.07, 6.45) is 7.33. The Morgan fingerprint density at radius 3 is 2.74 bits per heavy atom. The molecule has 2 aliphatic heterocycles. The van der Waals surface area contributed by atoms with Gasteiger partial charge in [-0.3, -0.25) is 4.90 Å². The van der Waals surface area contributed by atoms with Crippen LogP contribution in [0.5, 0.6) is 5.75 Å². The number of alkyl halides is 1. The van der Waals surface area contributed by atoms with E-state index in [2.05, 4.69) is 28.2 Å². The second-order valence-electron chi connectivity index (χ2n) is 8.66. The molecular formula is C23H34ClNO4S2. The first kappa shape index (κ1) is 25.0. The molecule has 1 saturated carbocycles. The molecule has 5 nitrogen and oxygen atoms in total. The number of ether oxygens (including phenoxy) is 3. The fourth-order valence-corrected chi connectivity index (χ4v) is 5.48. The fraction of sp³-hybridized carbons (Fsp3) is 0.696. The Morgan fingerprint density at radius 1 is 1.26 bits per heavy atom. The zero-order valence-electron chi connectivity index (χ0n) is 18.2. The molecule has 1 aromatic carbocycles. The minimum atomic E-state index is -0.327. The summed E-state index contributed by atoms with van der Waals surface area (Å²) in [6.45, 7) is 6.32. The molecule has 174 valence electrons.